The van der Waals surface area contributed by atoms with Crippen molar-refractivity contribution in [2.24, 2.45) is 11.8 Å². The molecule has 2 fully saturated rings. The molecular formula is C38H45Cl2N10O13P. The van der Waals surface area contributed by atoms with Crippen molar-refractivity contribution in [2.75, 3.05) is 37.9 Å². The molecule has 344 valence electrons. The topological polar surface area (TPSA) is 332 Å². The molecular weight excluding hydrogens is 906 g/mol. The number of rotatable bonds is 14. The van der Waals surface area contributed by atoms with Crippen LogP contribution in [0.4, 0.5) is 11.9 Å². The third kappa shape index (κ3) is 10.3. The molecule has 2 aromatic carbocycles. The molecule has 23 nitrogen and oxygen atoms in total. The summed E-state index contributed by atoms with van der Waals surface area (Å²) in [6.07, 6.45) is -1.91. The predicted molar refractivity (Wildman–Crippen MR) is 220 cm³/mol. The van der Waals surface area contributed by atoms with Gasteiger partial charge in [0.1, 0.15) is 50.0 Å². The van der Waals surface area contributed by atoms with Crippen LogP contribution in [0.25, 0.3) is 22.3 Å². The number of aromatic nitrogens is 8. The SMILES string of the molecule is C[C@@H]1[C@H](O)[C@@H](CO)O[C@H]1[n+]1cn(CCOc2ccc(Cl)cc2)c2c([O-])nc(N)nc21.C[C@@H]1[C@H](O)[C@@H](COP(=O)(O)O)O[C@H]1[n+]1cn(CCOc2ccc(Cl)cc2)c2c([O-])nc(N)nc21. The van der Waals surface area contributed by atoms with Crippen LogP contribution in [-0.2, 0) is 31.7 Å². The number of nitrogen functional groups attached to an aromatic ring is 2. The minimum absolute atomic E-state index is 0.152. The second kappa shape index (κ2) is 19.5. The monoisotopic (exact) mass is 950 g/mol. The summed E-state index contributed by atoms with van der Waals surface area (Å²) in [6, 6.07) is 13.8. The van der Waals surface area contributed by atoms with Crippen LogP contribution in [0.2, 0.25) is 10.0 Å². The summed E-state index contributed by atoms with van der Waals surface area (Å²) < 4.78 is 45.1. The molecule has 0 spiro atoms. The number of fused-ring (bicyclic) bond motifs is 2. The summed E-state index contributed by atoms with van der Waals surface area (Å²) in [6.45, 7) is 3.72. The molecule has 2 aliphatic heterocycles. The van der Waals surface area contributed by atoms with Gasteiger partial charge in [-0.05, 0) is 48.5 Å². The molecule has 64 heavy (non-hydrogen) atoms. The van der Waals surface area contributed by atoms with Crippen LogP contribution >= 0.6 is 31.0 Å². The summed E-state index contributed by atoms with van der Waals surface area (Å²) in [5.41, 5.74) is 12.3. The number of hydrogen-bond acceptors (Lipinski definition) is 17. The van der Waals surface area contributed by atoms with E-state index in [4.69, 9.17) is 63.4 Å². The van der Waals surface area contributed by atoms with E-state index >= 15 is 0 Å². The van der Waals surface area contributed by atoms with E-state index in [1.807, 2.05) is 0 Å². The Balaban J connectivity index is 0.000000193. The number of phosphoric acid groups is 1. The first-order valence-electron chi connectivity index (χ1n) is 19.7. The van der Waals surface area contributed by atoms with Crippen molar-refractivity contribution < 1.29 is 72.5 Å². The Morgan fingerprint density at radius 2 is 1.14 bits per heavy atom. The number of phosphoric ester groups is 1. The van der Waals surface area contributed by atoms with Crippen molar-refractivity contribution in [1.29, 1.82) is 0 Å². The number of aliphatic hydroxyl groups is 3. The van der Waals surface area contributed by atoms with Crippen LogP contribution in [-0.4, -0.2) is 105 Å². The van der Waals surface area contributed by atoms with Gasteiger partial charge in [0.05, 0.1) is 25.4 Å². The lowest BCUT2D eigenvalue weighted by Gasteiger charge is -2.14. The molecule has 0 amide bonds. The van der Waals surface area contributed by atoms with Gasteiger partial charge in [0.15, 0.2) is 36.1 Å². The van der Waals surface area contributed by atoms with Gasteiger partial charge >= 0.3 is 19.1 Å². The van der Waals surface area contributed by atoms with E-state index in [1.165, 1.54) is 4.57 Å². The van der Waals surface area contributed by atoms with Crippen molar-refractivity contribution in [3.8, 4) is 23.3 Å². The number of nitrogens with zero attached hydrogens (tertiary/aromatic N) is 8. The number of anilines is 2. The first-order chi connectivity index (χ1) is 30.4. The van der Waals surface area contributed by atoms with E-state index in [0.29, 0.717) is 33.7 Å². The largest absolute Gasteiger partial charge is 0.856 e. The summed E-state index contributed by atoms with van der Waals surface area (Å²) in [4.78, 5) is 33.8. The van der Waals surface area contributed by atoms with Crippen molar-refractivity contribution >= 4 is 65.2 Å². The van der Waals surface area contributed by atoms with Gasteiger partial charge in [0, 0.05) is 33.6 Å². The average Bonchev–Trinajstić information content (AvgIpc) is 3.96. The molecule has 0 unspecified atom stereocenters. The molecule has 4 aromatic heterocycles. The zero-order valence-electron chi connectivity index (χ0n) is 34.1. The third-order valence-corrected chi connectivity index (χ3v) is 11.6. The molecule has 2 saturated heterocycles. The molecule has 0 radical (unpaired) electrons. The van der Waals surface area contributed by atoms with Crippen LogP contribution in [0.1, 0.15) is 26.3 Å². The fraction of sp³-hybridized carbons (Fsp3) is 0.421. The van der Waals surface area contributed by atoms with Gasteiger partial charge in [-0.1, -0.05) is 47.0 Å². The number of halogens is 2. The molecule has 9 N–H and O–H groups in total. The third-order valence-electron chi connectivity index (χ3n) is 10.6. The summed E-state index contributed by atoms with van der Waals surface area (Å²) in [7, 11) is -4.75. The van der Waals surface area contributed by atoms with Crippen LogP contribution in [0.5, 0.6) is 23.3 Å². The van der Waals surface area contributed by atoms with E-state index in [1.54, 1.807) is 88.7 Å². The zero-order chi connectivity index (χ0) is 46.0. The number of ether oxygens (including phenoxy) is 4. The van der Waals surface area contributed by atoms with E-state index in [-0.39, 0.29) is 60.9 Å². The zero-order valence-corrected chi connectivity index (χ0v) is 36.5. The lowest BCUT2D eigenvalue weighted by Crippen LogP contribution is -2.42. The molecule has 8 rings (SSSR count). The van der Waals surface area contributed by atoms with Gasteiger partial charge < -0.3 is 65.7 Å². The molecule has 8 atom stereocenters. The van der Waals surface area contributed by atoms with Gasteiger partial charge in [-0.2, -0.15) is 0 Å². The molecule has 6 heterocycles. The summed E-state index contributed by atoms with van der Waals surface area (Å²) in [5, 5.41) is 56.6. The molecule has 0 bridgehead atoms. The predicted octanol–water partition coefficient (Wildman–Crippen LogP) is 0.104. The quantitative estimate of drug-likeness (QED) is 0.0562. The second-order valence-corrected chi connectivity index (χ2v) is 17.1. The van der Waals surface area contributed by atoms with Gasteiger partial charge in [-0.25, -0.2) is 23.7 Å². The number of hydrogen-bond donors (Lipinski definition) is 7. The van der Waals surface area contributed by atoms with Gasteiger partial charge in [-0.3, -0.25) is 13.7 Å². The van der Waals surface area contributed by atoms with E-state index < -0.39 is 69.0 Å². The maximum atomic E-state index is 12.6. The van der Waals surface area contributed by atoms with Crippen molar-refractivity contribution in [3.63, 3.8) is 0 Å². The molecule has 2 aliphatic rings. The van der Waals surface area contributed by atoms with Crippen molar-refractivity contribution in [3.05, 3.63) is 71.2 Å². The average molecular weight is 952 g/mol. The Labute approximate surface area is 373 Å². The van der Waals surface area contributed by atoms with Crippen LogP contribution in [0.3, 0.4) is 0 Å². The Hall–Kier alpha value is -5.17. The number of nitrogens with two attached hydrogens (primary N) is 2. The molecule has 6 aromatic rings. The van der Waals surface area contributed by atoms with Gasteiger partial charge in [0.25, 0.3) is 11.9 Å². The maximum absolute atomic E-state index is 12.6. The Morgan fingerprint density at radius 3 is 1.53 bits per heavy atom. The first kappa shape index (κ1) is 46.8. The first-order valence-corrected chi connectivity index (χ1v) is 21.9. The molecule has 26 heteroatoms. The standard InChI is InChI=1S/C19H23ClN5O8P.C19H22ClN5O5/c1-10-15(26)13(8-32-34(28,29)30)33-18(10)25-9-24(14-16(25)22-19(21)23-17(14)27)6-7-31-12-4-2-11(20)3-5-12;1-10-15(27)13(8-26)30-18(10)25-9-24(14-16(25)22-19(21)23-17(14)28)6-7-29-12-4-2-11(20)3-5-12/h2-5,9-10,13,15,18,26H,6-8H2,1H3,(H4-,21,22,23,27,28,29,30);2-5,9-10,13,15,18,26-27H,6-8H2,1H3,(H2-,21,22,23,28)/t2*10-,13-,15+,18-/m11/s1. The molecule has 0 aliphatic carbocycles. The lowest BCUT2D eigenvalue weighted by molar-refractivity contribution is -0.745. The number of imidazole rings is 2. The van der Waals surface area contributed by atoms with Gasteiger partial charge in [0.2, 0.25) is 0 Å². The highest BCUT2D eigenvalue weighted by molar-refractivity contribution is 7.46. The summed E-state index contributed by atoms with van der Waals surface area (Å²) in [5.74, 6) is -1.13. The van der Waals surface area contributed by atoms with Crippen LogP contribution in [0, 0.1) is 11.8 Å². The minimum Gasteiger partial charge on any atom is -0.856 e. The normalized spacial score (nSPS) is 23.4. The highest BCUT2D eigenvalue weighted by atomic mass is 35.5. The number of aliphatic hydroxyl groups excluding tert-OH is 3. The van der Waals surface area contributed by atoms with Crippen molar-refractivity contribution in [1.82, 2.24) is 29.1 Å². The highest BCUT2D eigenvalue weighted by Gasteiger charge is 2.47. The minimum atomic E-state index is -4.75. The lowest BCUT2D eigenvalue weighted by atomic mass is 10.0. The fourth-order valence-electron chi connectivity index (χ4n) is 7.44. The molecule has 0 saturated carbocycles. The van der Waals surface area contributed by atoms with Crippen molar-refractivity contribution in [2.45, 2.75) is 63.8 Å². The van der Waals surface area contributed by atoms with Crippen LogP contribution < -0.4 is 40.3 Å². The smallest absolute Gasteiger partial charge is 0.469 e. The summed E-state index contributed by atoms with van der Waals surface area (Å²) >= 11 is 11.8. The Bertz CT molecular complexity index is 2620. The van der Waals surface area contributed by atoms with Gasteiger partial charge in [-0.15, -0.1) is 0 Å². The Kier molecular flexibility index (Phi) is 14.3. The maximum Gasteiger partial charge on any atom is 0.469 e. The van der Waals surface area contributed by atoms with E-state index in [0.717, 1.165) is 0 Å². The van der Waals surface area contributed by atoms with E-state index in [2.05, 4.69) is 24.5 Å². The van der Waals surface area contributed by atoms with Crippen LogP contribution in [0.15, 0.2) is 61.2 Å². The number of benzene rings is 2. The Morgan fingerprint density at radius 1 is 0.734 bits per heavy atom. The van der Waals surface area contributed by atoms with E-state index in [9.17, 15) is 30.1 Å². The second-order valence-electron chi connectivity index (χ2n) is 15.0. The highest BCUT2D eigenvalue weighted by Crippen LogP contribution is 2.39. The fourth-order valence-corrected chi connectivity index (χ4v) is 8.03.